The summed E-state index contributed by atoms with van der Waals surface area (Å²) in [6, 6.07) is 4.19. The first-order chi connectivity index (χ1) is 9.43. The van der Waals surface area contributed by atoms with E-state index in [0.29, 0.717) is 16.6 Å². The van der Waals surface area contributed by atoms with E-state index in [1.54, 1.807) is 0 Å². The van der Waals surface area contributed by atoms with E-state index in [1.807, 2.05) is 0 Å². The zero-order valence-corrected chi connectivity index (χ0v) is 12.3. The van der Waals surface area contributed by atoms with Crippen LogP contribution in [-0.2, 0) is 4.79 Å². The summed E-state index contributed by atoms with van der Waals surface area (Å²) in [5.41, 5.74) is 0.388. The van der Waals surface area contributed by atoms with Crippen LogP contribution in [0.15, 0.2) is 18.2 Å². The van der Waals surface area contributed by atoms with Crippen LogP contribution in [0.1, 0.15) is 30.6 Å². The van der Waals surface area contributed by atoms with Crippen molar-refractivity contribution >= 4 is 29.2 Å². The molecule has 1 amide bonds. The van der Waals surface area contributed by atoms with Crippen LogP contribution in [0.25, 0.3) is 0 Å². The van der Waals surface area contributed by atoms with Gasteiger partial charge < -0.3 is 15.7 Å². The molecule has 0 saturated heterocycles. The molecule has 6 heteroatoms. The number of aromatic carboxylic acids is 1. The van der Waals surface area contributed by atoms with E-state index in [-0.39, 0.29) is 18.0 Å². The van der Waals surface area contributed by atoms with Crippen LogP contribution in [0.3, 0.4) is 0 Å². The highest BCUT2D eigenvalue weighted by atomic mass is 35.5. The lowest BCUT2D eigenvalue weighted by atomic mass is 10.1. The Morgan fingerprint density at radius 2 is 2.10 bits per heavy atom. The fourth-order valence-electron chi connectivity index (χ4n) is 1.52. The third-order valence-corrected chi connectivity index (χ3v) is 3.29. The van der Waals surface area contributed by atoms with Gasteiger partial charge in [-0.15, -0.1) is 0 Å². The van der Waals surface area contributed by atoms with E-state index < -0.39 is 5.97 Å². The van der Waals surface area contributed by atoms with Gasteiger partial charge in [-0.3, -0.25) is 4.79 Å². The molecule has 1 unspecified atom stereocenters. The third kappa shape index (κ3) is 5.19. The van der Waals surface area contributed by atoms with Crippen LogP contribution in [0, 0.1) is 5.92 Å². The van der Waals surface area contributed by atoms with Crippen LogP contribution >= 0.6 is 11.6 Å². The van der Waals surface area contributed by atoms with E-state index in [4.69, 9.17) is 16.7 Å². The van der Waals surface area contributed by atoms with E-state index >= 15 is 0 Å². The zero-order chi connectivity index (χ0) is 15.1. The summed E-state index contributed by atoms with van der Waals surface area (Å²) in [4.78, 5) is 22.6. The van der Waals surface area contributed by atoms with E-state index in [9.17, 15) is 9.59 Å². The molecule has 0 aliphatic heterocycles. The standard InChI is InChI=1S/C14H19ClN2O3/c1-3-9(2)7-16-8-13(18)17-12-6-10(14(19)20)4-5-11(12)15/h4-6,9,16H,3,7-8H2,1-2H3,(H,17,18)(H,19,20). The summed E-state index contributed by atoms with van der Waals surface area (Å²) in [5, 5.41) is 14.8. The zero-order valence-electron chi connectivity index (χ0n) is 11.6. The van der Waals surface area contributed by atoms with Gasteiger partial charge in [-0.1, -0.05) is 31.9 Å². The predicted octanol–water partition coefficient (Wildman–Crippen LogP) is 2.61. The molecule has 0 bridgehead atoms. The molecule has 0 radical (unpaired) electrons. The number of carboxylic acids is 1. The van der Waals surface area contributed by atoms with E-state index in [0.717, 1.165) is 13.0 Å². The first kappa shape index (κ1) is 16.5. The number of carboxylic acid groups (broad SMARTS) is 1. The minimum Gasteiger partial charge on any atom is -0.478 e. The highest BCUT2D eigenvalue weighted by Crippen LogP contribution is 2.22. The lowest BCUT2D eigenvalue weighted by Crippen LogP contribution is -2.31. The number of rotatable bonds is 7. The molecule has 0 aliphatic rings. The van der Waals surface area contributed by atoms with Gasteiger partial charge in [0.25, 0.3) is 0 Å². The van der Waals surface area contributed by atoms with Gasteiger partial charge in [-0.25, -0.2) is 4.79 Å². The summed E-state index contributed by atoms with van der Waals surface area (Å²) in [6.07, 6.45) is 1.04. The lowest BCUT2D eigenvalue weighted by molar-refractivity contribution is -0.115. The summed E-state index contributed by atoms with van der Waals surface area (Å²) >= 11 is 5.92. The van der Waals surface area contributed by atoms with Gasteiger partial charge in [-0.2, -0.15) is 0 Å². The largest absolute Gasteiger partial charge is 0.478 e. The first-order valence-corrected chi connectivity index (χ1v) is 6.85. The van der Waals surface area contributed by atoms with Crippen molar-refractivity contribution in [1.82, 2.24) is 5.32 Å². The monoisotopic (exact) mass is 298 g/mol. The molecule has 0 saturated carbocycles. The van der Waals surface area contributed by atoms with Crippen molar-refractivity contribution in [3.8, 4) is 0 Å². The minimum absolute atomic E-state index is 0.0808. The maximum absolute atomic E-state index is 11.7. The summed E-state index contributed by atoms with van der Waals surface area (Å²) < 4.78 is 0. The second kappa shape index (κ2) is 7.87. The Balaban J connectivity index is 2.57. The maximum atomic E-state index is 11.7. The number of nitrogens with one attached hydrogen (secondary N) is 2. The molecule has 0 aliphatic carbocycles. The fourth-order valence-corrected chi connectivity index (χ4v) is 1.69. The molecular weight excluding hydrogens is 280 g/mol. The van der Waals surface area contributed by atoms with Gasteiger partial charge in [0, 0.05) is 0 Å². The number of carbonyl (C=O) groups excluding carboxylic acids is 1. The average Bonchev–Trinajstić information content (AvgIpc) is 2.40. The van der Waals surface area contributed by atoms with Crippen LogP contribution in [0.5, 0.6) is 0 Å². The highest BCUT2D eigenvalue weighted by Gasteiger charge is 2.10. The third-order valence-electron chi connectivity index (χ3n) is 2.96. The maximum Gasteiger partial charge on any atom is 0.335 e. The van der Waals surface area contributed by atoms with Gasteiger partial charge in [0.2, 0.25) is 5.91 Å². The predicted molar refractivity (Wildman–Crippen MR) is 79.4 cm³/mol. The topological polar surface area (TPSA) is 78.4 Å². The number of amides is 1. The number of hydrogen-bond donors (Lipinski definition) is 3. The molecule has 5 nitrogen and oxygen atoms in total. The highest BCUT2D eigenvalue weighted by molar-refractivity contribution is 6.33. The number of carbonyl (C=O) groups is 2. The van der Waals surface area contributed by atoms with Gasteiger partial charge in [-0.05, 0) is 30.7 Å². The second-order valence-corrected chi connectivity index (χ2v) is 5.10. The molecule has 0 spiro atoms. The Morgan fingerprint density at radius 1 is 1.40 bits per heavy atom. The molecule has 1 aromatic rings. The molecule has 0 fully saturated rings. The number of hydrogen-bond acceptors (Lipinski definition) is 3. The smallest absolute Gasteiger partial charge is 0.335 e. The number of benzene rings is 1. The van der Waals surface area contributed by atoms with Crippen molar-refractivity contribution in [2.75, 3.05) is 18.4 Å². The Labute approximate surface area is 123 Å². The SMILES string of the molecule is CCC(C)CNCC(=O)Nc1cc(C(=O)O)ccc1Cl. The molecule has 110 valence electrons. The molecule has 20 heavy (non-hydrogen) atoms. The quantitative estimate of drug-likeness (QED) is 0.723. The molecule has 1 aromatic carbocycles. The fraction of sp³-hybridized carbons (Fsp3) is 0.429. The van der Waals surface area contributed by atoms with Crippen molar-refractivity contribution in [3.05, 3.63) is 28.8 Å². The average molecular weight is 299 g/mol. The van der Waals surface area contributed by atoms with Crippen LogP contribution in [0.4, 0.5) is 5.69 Å². The van der Waals surface area contributed by atoms with Gasteiger partial charge >= 0.3 is 5.97 Å². The summed E-state index contributed by atoms with van der Waals surface area (Å²) in [6.45, 7) is 5.10. The molecule has 3 N–H and O–H groups in total. The first-order valence-electron chi connectivity index (χ1n) is 6.47. The van der Waals surface area contributed by atoms with Gasteiger partial charge in [0.15, 0.2) is 0 Å². The second-order valence-electron chi connectivity index (χ2n) is 4.69. The lowest BCUT2D eigenvalue weighted by Gasteiger charge is -2.11. The Kier molecular flexibility index (Phi) is 6.48. The molecule has 0 heterocycles. The Hall–Kier alpha value is -1.59. The molecular formula is C14H19ClN2O3. The van der Waals surface area contributed by atoms with Crippen molar-refractivity contribution in [2.24, 2.45) is 5.92 Å². The van der Waals surface area contributed by atoms with Crippen LogP contribution in [0.2, 0.25) is 5.02 Å². The Bertz CT molecular complexity index is 491. The van der Waals surface area contributed by atoms with Gasteiger partial charge in [0.05, 0.1) is 22.8 Å². The summed E-state index contributed by atoms with van der Waals surface area (Å²) in [7, 11) is 0. The van der Waals surface area contributed by atoms with Crippen molar-refractivity contribution < 1.29 is 14.7 Å². The van der Waals surface area contributed by atoms with Crippen molar-refractivity contribution in [3.63, 3.8) is 0 Å². The normalized spacial score (nSPS) is 11.9. The van der Waals surface area contributed by atoms with Crippen molar-refractivity contribution in [1.29, 1.82) is 0 Å². The number of anilines is 1. The van der Waals surface area contributed by atoms with E-state index in [1.165, 1.54) is 18.2 Å². The molecule has 1 atom stereocenters. The summed E-state index contributed by atoms with van der Waals surface area (Å²) in [5.74, 6) is -0.813. The van der Waals surface area contributed by atoms with Gasteiger partial charge in [0.1, 0.15) is 0 Å². The number of halogens is 1. The molecule has 0 aromatic heterocycles. The Morgan fingerprint density at radius 3 is 2.70 bits per heavy atom. The van der Waals surface area contributed by atoms with E-state index in [2.05, 4.69) is 24.5 Å². The van der Waals surface area contributed by atoms with Crippen molar-refractivity contribution in [2.45, 2.75) is 20.3 Å². The molecule has 1 rings (SSSR count). The van der Waals surface area contributed by atoms with Crippen LogP contribution in [-0.4, -0.2) is 30.1 Å². The van der Waals surface area contributed by atoms with Crippen LogP contribution < -0.4 is 10.6 Å². The minimum atomic E-state index is -1.06.